The standard InChI is InChI=1S/C18H21FN2O2S/c1-12-9-21(11-18(2,3)23-12)17(22)8-16-20-15(10-24-16)13-4-6-14(19)7-5-13/h4-7,10,12H,8-9,11H2,1-3H3. The van der Waals surface area contributed by atoms with Gasteiger partial charge in [0.15, 0.2) is 0 Å². The Bertz CT molecular complexity index is 727. The fraction of sp³-hybridized carbons (Fsp3) is 0.444. The molecule has 2 heterocycles. The second-order valence-electron chi connectivity index (χ2n) is 6.77. The summed E-state index contributed by atoms with van der Waals surface area (Å²) in [6.07, 6.45) is 0.318. The summed E-state index contributed by atoms with van der Waals surface area (Å²) in [5.74, 6) is -0.202. The molecule has 1 fully saturated rings. The molecule has 4 nitrogen and oxygen atoms in total. The molecule has 1 aliphatic rings. The van der Waals surface area contributed by atoms with Crippen LogP contribution >= 0.6 is 11.3 Å². The summed E-state index contributed by atoms with van der Waals surface area (Å²) in [4.78, 5) is 19.0. The lowest BCUT2D eigenvalue weighted by atomic mass is 10.1. The summed E-state index contributed by atoms with van der Waals surface area (Å²) < 4.78 is 18.8. The number of rotatable bonds is 3. The molecule has 0 N–H and O–H groups in total. The van der Waals surface area contributed by atoms with Gasteiger partial charge in [-0.2, -0.15) is 0 Å². The molecule has 0 radical (unpaired) electrons. The number of carbonyl (C=O) groups is 1. The molecular weight excluding hydrogens is 327 g/mol. The van der Waals surface area contributed by atoms with E-state index in [2.05, 4.69) is 4.98 Å². The lowest BCUT2D eigenvalue weighted by Gasteiger charge is -2.41. The van der Waals surface area contributed by atoms with E-state index in [0.29, 0.717) is 13.1 Å². The van der Waals surface area contributed by atoms with E-state index >= 15 is 0 Å². The van der Waals surface area contributed by atoms with Gasteiger partial charge in [-0.25, -0.2) is 9.37 Å². The molecule has 0 saturated carbocycles. The normalized spacial score (nSPS) is 20.2. The largest absolute Gasteiger partial charge is 0.369 e. The van der Waals surface area contributed by atoms with Crippen LogP contribution in [0.5, 0.6) is 0 Å². The first-order valence-electron chi connectivity index (χ1n) is 7.98. The predicted molar refractivity (Wildman–Crippen MR) is 92.4 cm³/mol. The first-order valence-corrected chi connectivity index (χ1v) is 8.86. The van der Waals surface area contributed by atoms with Crippen LogP contribution in [-0.4, -0.2) is 40.6 Å². The summed E-state index contributed by atoms with van der Waals surface area (Å²) in [5, 5.41) is 2.68. The van der Waals surface area contributed by atoms with Crippen LogP contribution in [0.3, 0.4) is 0 Å². The monoisotopic (exact) mass is 348 g/mol. The van der Waals surface area contributed by atoms with Crippen LogP contribution in [0, 0.1) is 5.82 Å². The molecule has 1 aromatic heterocycles. The maximum absolute atomic E-state index is 13.0. The molecule has 0 aliphatic carbocycles. The summed E-state index contributed by atoms with van der Waals surface area (Å²) in [6, 6.07) is 6.22. The highest BCUT2D eigenvalue weighted by Gasteiger charge is 2.33. The van der Waals surface area contributed by atoms with Crippen molar-refractivity contribution in [3.05, 3.63) is 40.5 Å². The SMILES string of the molecule is CC1CN(C(=O)Cc2nc(-c3ccc(F)cc3)cs2)CC(C)(C)O1. The van der Waals surface area contributed by atoms with E-state index in [1.165, 1.54) is 23.5 Å². The van der Waals surface area contributed by atoms with Gasteiger partial charge in [-0.3, -0.25) is 4.79 Å². The van der Waals surface area contributed by atoms with Gasteiger partial charge in [0, 0.05) is 24.0 Å². The zero-order valence-corrected chi connectivity index (χ0v) is 14.9. The Morgan fingerprint density at radius 3 is 2.79 bits per heavy atom. The number of benzene rings is 1. The number of amides is 1. The number of hydrogen-bond donors (Lipinski definition) is 0. The fourth-order valence-electron chi connectivity index (χ4n) is 3.03. The van der Waals surface area contributed by atoms with Gasteiger partial charge in [0.2, 0.25) is 5.91 Å². The molecule has 0 bridgehead atoms. The van der Waals surface area contributed by atoms with Crippen molar-refractivity contribution in [1.82, 2.24) is 9.88 Å². The minimum Gasteiger partial charge on any atom is -0.369 e. The Morgan fingerprint density at radius 1 is 1.42 bits per heavy atom. The van der Waals surface area contributed by atoms with E-state index in [0.717, 1.165) is 16.3 Å². The van der Waals surface area contributed by atoms with Crippen molar-refractivity contribution in [2.45, 2.75) is 38.9 Å². The summed E-state index contributed by atoms with van der Waals surface area (Å²) in [5.41, 5.74) is 1.31. The molecule has 0 spiro atoms. The topological polar surface area (TPSA) is 42.4 Å². The zero-order chi connectivity index (χ0) is 17.3. The minimum atomic E-state index is -0.324. The van der Waals surface area contributed by atoms with Crippen LogP contribution in [0.1, 0.15) is 25.8 Å². The molecule has 3 rings (SSSR count). The average Bonchev–Trinajstić information content (AvgIpc) is 2.94. The van der Waals surface area contributed by atoms with Crippen LogP contribution < -0.4 is 0 Å². The molecule has 6 heteroatoms. The number of carbonyl (C=O) groups excluding carboxylic acids is 1. The number of nitrogens with zero attached hydrogens (tertiary/aromatic N) is 2. The maximum Gasteiger partial charge on any atom is 0.229 e. The lowest BCUT2D eigenvalue weighted by Crippen LogP contribution is -2.54. The number of ether oxygens (including phenoxy) is 1. The number of morpholine rings is 1. The first-order chi connectivity index (χ1) is 11.3. The van der Waals surface area contributed by atoms with Crippen LogP contribution in [0.4, 0.5) is 4.39 Å². The van der Waals surface area contributed by atoms with Gasteiger partial charge in [-0.15, -0.1) is 11.3 Å². The van der Waals surface area contributed by atoms with Crippen molar-refractivity contribution < 1.29 is 13.9 Å². The quantitative estimate of drug-likeness (QED) is 0.852. The average molecular weight is 348 g/mol. The Morgan fingerprint density at radius 2 is 2.12 bits per heavy atom. The molecule has 1 saturated heterocycles. The molecule has 128 valence electrons. The third-order valence-electron chi connectivity index (χ3n) is 3.92. The highest BCUT2D eigenvalue weighted by molar-refractivity contribution is 7.10. The highest BCUT2D eigenvalue weighted by atomic mass is 32.1. The first kappa shape index (κ1) is 17.0. The molecular formula is C18H21FN2O2S. The van der Waals surface area contributed by atoms with Crippen molar-refractivity contribution >= 4 is 17.2 Å². The van der Waals surface area contributed by atoms with E-state index in [4.69, 9.17) is 4.74 Å². The number of aromatic nitrogens is 1. The summed E-state index contributed by atoms with van der Waals surface area (Å²) in [6.45, 7) is 7.18. The van der Waals surface area contributed by atoms with Crippen LogP contribution in [0.25, 0.3) is 11.3 Å². The number of thiazole rings is 1. The molecule has 1 unspecified atom stereocenters. The van der Waals surface area contributed by atoms with E-state index in [9.17, 15) is 9.18 Å². The minimum absolute atomic E-state index is 0.0313. The van der Waals surface area contributed by atoms with Crippen LogP contribution in [0.2, 0.25) is 0 Å². The van der Waals surface area contributed by atoms with Gasteiger partial charge in [0.1, 0.15) is 10.8 Å². The molecule has 2 aromatic rings. The van der Waals surface area contributed by atoms with Gasteiger partial charge in [0.05, 0.1) is 23.8 Å². The molecule has 1 atom stereocenters. The Balaban J connectivity index is 1.68. The second-order valence-corrected chi connectivity index (χ2v) is 7.72. The van der Waals surface area contributed by atoms with Crippen molar-refractivity contribution in [3.8, 4) is 11.3 Å². The maximum atomic E-state index is 13.0. The summed E-state index contributed by atoms with van der Waals surface area (Å²) >= 11 is 1.46. The molecule has 24 heavy (non-hydrogen) atoms. The van der Waals surface area contributed by atoms with E-state index in [1.807, 2.05) is 31.1 Å². The third kappa shape index (κ3) is 3.99. The number of halogens is 1. The van der Waals surface area contributed by atoms with Crippen molar-refractivity contribution in [2.24, 2.45) is 0 Å². The smallest absolute Gasteiger partial charge is 0.229 e. The fourth-order valence-corrected chi connectivity index (χ4v) is 3.82. The summed E-state index contributed by atoms with van der Waals surface area (Å²) in [7, 11) is 0. The Kier molecular flexibility index (Phi) is 4.69. The van der Waals surface area contributed by atoms with Gasteiger partial charge in [-0.1, -0.05) is 0 Å². The predicted octanol–water partition coefficient (Wildman–Crippen LogP) is 3.52. The van der Waals surface area contributed by atoms with E-state index < -0.39 is 0 Å². The molecule has 1 aromatic carbocycles. The van der Waals surface area contributed by atoms with Crippen LogP contribution in [-0.2, 0) is 16.0 Å². The Hall–Kier alpha value is -1.79. The van der Waals surface area contributed by atoms with Gasteiger partial charge < -0.3 is 9.64 Å². The highest BCUT2D eigenvalue weighted by Crippen LogP contribution is 2.24. The number of hydrogen-bond acceptors (Lipinski definition) is 4. The zero-order valence-electron chi connectivity index (χ0n) is 14.1. The van der Waals surface area contributed by atoms with E-state index in [-0.39, 0.29) is 29.9 Å². The Labute approximate surface area is 145 Å². The second kappa shape index (κ2) is 6.61. The lowest BCUT2D eigenvalue weighted by molar-refractivity contribution is -0.157. The van der Waals surface area contributed by atoms with E-state index in [1.54, 1.807) is 12.1 Å². The van der Waals surface area contributed by atoms with Gasteiger partial charge in [-0.05, 0) is 45.0 Å². The van der Waals surface area contributed by atoms with Crippen molar-refractivity contribution in [3.63, 3.8) is 0 Å². The third-order valence-corrected chi connectivity index (χ3v) is 4.77. The van der Waals surface area contributed by atoms with Crippen molar-refractivity contribution in [1.29, 1.82) is 0 Å². The van der Waals surface area contributed by atoms with Gasteiger partial charge in [0.25, 0.3) is 0 Å². The van der Waals surface area contributed by atoms with Gasteiger partial charge >= 0.3 is 0 Å². The molecule has 1 amide bonds. The molecule has 1 aliphatic heterocycles. The van der Waals surface area contributed by atoms with Crippen molar-refractivity contribution in [2.75, 3.05) is 13.1 Å². The van der Waals surface area contributed by atoms with Crippen LogP contribution in [0.15, 0.2) is 29.6 Å².